The standard InChI is InChI=1S/C17H23NO2/c1-5-13-18(14-6-2)17(4,16(19)20-7-3)15-11-9-8-10-12-15/h5-6,8-12H,1-2,7,13-14H2,3-4H3. The summed E-state index contributed by atoms with van der Waals surface area (Å²) in [6.07, 6.45) is 3.56. The van der Waals surface area contributed by atoms with Gasteiger partial charge in [0.15, 0.2) is 0 Å². The maximum Gasteiger partial charge on any atom is 0.330 e. The van der Waals surface area contributed by atoms with Crippen molar-refractivity contribution in [3.63, 3.8) is 0 Å². The molecule has 1 rings (SSSR count). The summed E-state index contributed by atoms with van der Waals surface area (Å²) in [6.45, 7) is 12.7. The van der Waals surface area contributed by atoms with Gasteiger partial charge < -0.3 is 4.74 Å². The summed E-state index contributed by atoms with van der Waals surface area (Å²) in [6, 6.07) is 9.66. The molecule has 1 aromatic rings. The predicted octanol–water partition coefficient (Wildman–Crippen LogP) is 3.14. The van der Waals surface area contributed by atoms with Crippen molar-refractivity contribution in [1.82, 2.24) is 4.90 Å². The predicted molar refractivity (Wildman–Crippen MR) is 82.4 cm³/mol. The van der Waals surface area contributed by atoms with Gasteiger partial charge in [-0.1, -0.05) is 42.5 Å². The van der Waals surface area contributed by atoms with E-state index in [2.05, 4.69) is 13.2 Å². The Kier molecular flexibility index (Phi) is 6.19. The minimum atomic E-state index is -0.848. The second-order valence-corrected chi connectivity index (χ2v) is 4.64. The highest BCUT2D eigenvalue weighted by Gasteiger charge is 2.41. The zero-order valence-electron chi connectivity index (χ0n) is 12.3. The maximum absolute atomic E-state index is 12.5. The number of carbonyl (C=O) groups excluding carboxylic acids is 1. The molecule has 0 fully saturated rings. The van der Waals surface area contributed by atoms with E-state index in [-0.39, 0.29) is 5.97 Å². The lowest BCUT2D eigenvalue weighted by Gasteiger charge is -2.38. The minimum Gasteiger partial charge on any atom is -0.464 e. The second kappa shape index (κ2) is 7.65. The molecule has 0 amide bonds. The van der Waals surface area contributed by atoms with E-state index in [0.29, 0.717) is 19.7 Å². The smallest absolute Gasteiger partial charge is 0.330 e. The number of rotatable bonds is 8. The SMILES string of the molecule is C=CCN(CC=C)C(C)(C(=O)OCC)c1ccccc1. The van der Waals surface area contributed by atoms with E-state index >= 15 is 0 Å². The molecule has 3 nitrogen and oxygen atoms in total. The summed E-state index contributed by atoms with van der Waals surface area (Å²) in [5.41, 5.74) is 0.0572. The Labute approximate surface area is 121 Å². The van der Waals surface area contributed by atoms with Crippen LogP contribution in [0.2, 0.25) is 0 Å². The second-order valence-electron chi connectivity index (χ2n) is 4.64. The van der Waals surface area contributed by atoms with Gasteiger partial charge in [0.2, 0.25) is 0 Å². The molecule has 0 saturated heterocycles. The van der Waals surface area contributed by atoms with Gasteiger partial charge in [-0.25, -0.2) is 4.79 Å². The molecule has 1 aromatic carbocycles. The molecule has 1 atom stereocenters. The molecule has 20 heavy (non-hydrogen) atoms. The lowest BCUT2D eigenvalue weighted by Crippen LogP contribution is -2.50. The molecule has 0 aromatic heterocycles. The van der Waals surface area contributed by atoms with Crippen molar-refractivity contribution < 1.29 is 9.53 Å². The molecule has 0 saturated carbocycles. The van der Waals surface area contributed by atoms with Crippen LogP contribution >= 0.6 is 0 Å². The number of nitrogens with zero attached hydrogens (tertiary/aromatic N) is 1. The Hall–Kier alpha value is -1.87. The van der Waals surface area contributed by atoms with Gasteiger partial charge in [0.25, 0.3) is 0 Å². The van der Waals surface area contributed by atoms with Gasteiger partial charge in [-0.05, 0) is 19.4 Å². The zero-order chi connectivity index (χ0) is 15.0. The topological polar surface area (TPSA) is 29.5 Å². The molecule has 0 spiro atoms. The van der Waals surface area contributed by atoms with Crippen LogP contribution in [-0.4, -0.2) is 30.6 Å². The van der Waals surface area contributed by atoms with Crippen molar-refractivity contribution in [2.75, 3.05) is 19.7 Å². The third-order valence-electron chi connectivity index (χ3n) is 3.34. The molecular weight excluding hydrogens is 250 g/mol. The molecule has 0 aliphatic carbocycles. The highest BCUT2D eigenvalue weighted by Crippen LogP contribution is 2.30. The first kappa shape index (κ1) is 16.2. The fraction of sp³-hybridized carbons (Fsp3) is 0.353. The van der Waals surface area contributed by atoms with Crippen molar-refractivity contribution in [1.29, 1.82) is 0 Å². The summed E-state index contributed by atoms with van der Waals surface area (Å²) >= 11 is 0. The van der Waals surface area contributed by atoms with E-state index in [1.54, 1.807) is 12.2 Å². The van der Waals surface area contributed by atoms with Crippen LogP contribution in [0.1, 0.15) is 19.4 Å². The quantitative estimate of drug-likeness (QED) is 0.538. The first-order valence-corrected chi connectivity index (χ1v) is 6.80. The van der Waals surface area contributed by atoms with Crippen molar-refractivity contribution >= 4 is 5.97 Å². The summed E-state index contributed by atoms with van der Waals surface area (Å²) in [7, 11) is 0. The zero-order valence-corrected chi connectivity index (χ0v) is 12.3. The number of hydrogen-bond acceptors (Lipinski definition) is 3. The number of esters is 1. The third kappa shape index (κ3) is 3.36. The van der Waals surface area contributed by atoms with Crippen LogP contribution in [0.4, 0.5) is 0 Å². The van der Waals surface area contributed by atoms with Gasteiger partial charge in [0, 0.05) is 13.1 Å². The van der Waals surface area contributed by atoms with Gasteiger partial charge in [-0.3, -0.25) is 4.90 Å². The highest BCUT2D eigenvalue weighted by molar-refractivity contribution is 5.82. The monoisotopic (exact) mass is 273 g/mol. The summed E-state index contributed by atoms with van der Waals surface area (Å²) < 4.78 is 5.29. The van der Waals surface area contributed by atoms with Crippen molar-refractivity contribution in [2.45, 2.75) is 19.4 Å². The summed E-state index contributed by atoms with van der Waals surface area (Å²) in [5, 5.41) is 0. The lowest BCUT2D eigenvalue weighted by molar-refractivity contribution is -0.157. The number of carbonyl (C=O) groups is 1. The normalized spacial score (nSPS) is 13.6. The van der Waals surface area contributed by atoms with Gasteiger partial charge in [0.05, 0.1) is 6.61 Å². The molecule has 0 aliphatic rings. The van der Waals surface area contributed by atoms with E-state index in [1.165, 1.54) is 0 Å². The Morgan fingerprint density at radius 3 is 2.25 bits per heavy atom. The Bertz CT molecular complexity index is 445. The van der Waals surface area contributed by atoms with Crippen LogP contribution < -0.4 is 0 Å². The van der Waals surface area contributed by atoms with Crippen LogP contribution in [-0.2, 0) is 15.1 Å². The molecule has 3 heteroatoms. The molecule has 108 valence electrons. The van der Waals surface area contributed by atoms with E-state index < -0.39 is 5.54 Å². The molecule has 0 radical (unpaired) electrons. The number of ether oxygens (including phenoxy) is 1. The van der Waals surface area contributed by atoms with Crippen molar-refractivity contribution in [3.8, 4) is 0 Å². The summed E-state index contributed by atoms with van der Waals surface area (Å²) in [4.78, 5) is 14.5. The van der Waals surface area contributed by atoms with Crippen molar-refractivity contribution in [3.05, 3.63) is 61.2 Å². The fourth-order valence-corrected chi connectivity index (χ4v) is 2.22. The molecule has 0 heterocycles. The van der Waals surface area contributed by atoms with Crippen LogP contribution in [0.25, 0.3) is 0 Å². The largest absolute Gasteiger partial charge is 0.464 e. The third-order valence-corrected chi connectivity index (χ3v) is 3.34. The van der Waals surface area contributed by atoms with Gasteiger partial charge >= 0.3 is 5.97 Å². The molecule has 0 N–H and O–H groups in total. The number of hydrogen-bond donors (Lipinski definition) is 0. The maximum atomic E-state index is 12.5. The molecule has 1 unspecified atom stereocenters. The highest BCUT2D eigenvalue weighted by atomic mass is 16.5. The minimum absolute atomic E-state index is 0.255. The van der Waals surface area contributed by atoms with Gasteiger partial charge in [0.1, 0.15) is 5.54 Å². The Morgan fingerprint density at radius 2 is 1.80 bits per heavy atom. The molecular formula is C17H23NO2. The number of benzene rings is 1. The first-order valence-electron chi connectivity index (χ1n) is 6.80. The van der Waals surface area contributed by atoms with E-state index in [9.17, 15) is 4.79 Å². The van der Waals surface area contributed by atoms with Crippen LogP contribution in [0.3, 0.4) is 0 Å². The van der Waals surface area contributed by atoms with Gasteiger partial charge in [-0.2, -0.15) is 0 Å². The summed E-state index contributed by atoms with van der Waals surface area (Å²) in [5.74, 6) is -0.255. The average Bonchev–Trinajstić information content (AvgIpc) is 2.47. The van der Waals surface area contributed by atoms with Crippen LogP contribution in [0.15, 0.2) is 55.6 Å². The van der Waals surface area contributed by atoms with Crippen molar-refractivity contribution in [2.24, 2.45) is 0 Å². The molecule has 0 bridgehead atoms. The first-order chi connectivity index (χ1) is 9.61. The average molecular weight is 273 g/mol. The Morgan fingerprint density at radius 1 is 1.25 bits per heavy atom. The van der Waals surface area contributed by atoms with E-state index in [1.807, 2.05) is 49.1 Å². The van der Waals surface area contributed by atoms with Crippen LogP contribution in [0.5, 0.6) is 0 Å². The molecule has 0 aliphatic heterocycles. The fourth-order valence-electron chi connectivity index (χ4n) is 2.22. The van der Waals surface area contributed by atoms with E-state index in [0.717, 1.165) is 5.56 Å². The van der Waals surface area contributed by atoms with E-state index in [4.69, 9.17) is 4.74 Å². The Balaban J connectivity index is 3.27. The lowest BCUT2D eigenvalue weighted by atomic mass is 9.89. The van der Waals surface area contributed by atoms with Crippen LogP contribution in [0, 0.1) is 0 Å². The van der Waals surface area contributed by atoms with Gasteiger partial charge in [-0.15, -0.1) is 13.2 Å².